The van der Waals surface area contributed by atoms with Crippen LogP contribution in [0.15, 0.2) is 482 Å². The topological polar surface area (TPSA) is 163 Å². The molecule has 0 atom stereocenters. The molecule has 0 spiro atoms. The van der Waals surface area contributed by atoms with Crippen molar-refractivity contribution in [2.24, 2.45) is 0 Å². The molecule has 25 heteroatoms. The maximum absolute atomic E-state index is 12.1. The Morgan fingerprint density at radius 1 is 0.328 bits per heavy atom. The summed E-state index contributed by atoms with van der Waals surface area (Å²) < 4.78 is 37.7. The van der Waals surface area contributed by atoms with Gasteiger partial charge < -0.3 is 19.5 Å². The molecule has 2 N–H and O–H groups in total. The molecule has 0 amide bonds. The summed E-state index contributed by atoms with van der Waals surface area (Å²) in [5, 5.41) is 40.6. The quantitative estimate of drug-likeness (QED) is 0.0427. The van der Waals surface area contributed by atoms with Crippen molar-refractivity contribution in [1.29, 1.82) is 0 Å². The number of aromatic nitrogens is 4. The van der Waals surface area contributed by atoms with Crippen molar-refractivity contribution < 1.29 is 95.7 Å². The van der Waals surface area contributed by atoms with Gasteiger partial charge in [0.05, 0.1) is 65.5 Å². The van der Waals surface area contributed by atoms with Gasteiger partial charge in [-0.05, 0) is 177 Å². The van der Waals surface area contributed by atoms with E-state index in [0.717, 1.165) is 29.7 Å². The van der Waals surface area contributed by atoms with E-state index in [0.29, 0.717) is 27.1 Å². The number of rotatable bonds is 20. The van der Waals surface area contributed by atoms with E-state index in [9.17, 15) is 18.0 Å². The number of esters is 2. The molecule has 19 rings (SSSR count). The number of halogens is 3. The van der Waals surface area contributed by atoms with Gasteiger partial charge in [0.2, 0.25) is 0 Å². The van der Waals surface area contributed by atoms with Gasteiger partial charge in [-0.15, -0.1) is 22.7 Å². The van der Waals surface area contributed by atoms with Crippen LogP contribution in [0.4, 0.5) is 0 Å². The van der Waals surface area contributed by atoms with Crippen molar-refractivity contribution >= 4 is 187 Å². The van der Waals surface area contributed by atoms with Crippen molar-refractivity contribution in [2.75, 3.05) is 20.5 Å². The van der Waals surface area contributed by atoms with Gasteiger partial charge in [-0.1, -0.05) is 424 Å². The van der Waals surface area contributed by atoms with E-state index in [1.165, 1.54) is 95.5 Å². The van der Waals surface area contributed by atoms with Crippen LogP contribution in [0.1, 0.15) is 21.0 Å². The van der Waals surface area contributed by atoms with Crippen LogP contribution >= 0.6 is 93.5 Å². The molecule has 0 aliphatic heterocycles. The van der Waals surface area contributed by atoms with Gasteiger partial charge in [-0.3, -0.25) is 0 Å². The number of benzene rings is 15. The maximum atomic E-state index is 12.1. The number of carbonyl (C=O) groups is 2. The SMILES string of the molecule is COC(=O)c1cc(-c2ccc(-c3cccc(S(C)(=O)=O)c3)s2)n(-c2ccccc2Cl)n1.COC(=O)c1cc(-c2ccc(Br)s2)n(-c2ccccc2Cl)n1.O[B]O.[Ar].[Pd].c1ccc(P(c2ccccc2)c2ccccc2)cc1.c1ccc(P(c2ccccc2)c2ccccc2)cc1.c1ccc(P(c2ccccc2)c2ccccc2)cc1.c1ccc(P(c2ccccc2)c2ccccc2)cc1. The molecular weight excluding hydrogens is 2020 g/mol. The maximum Gasteiger partial charge on any atom is 0.482 e. The van der Waals surface area contributed by atoms with E-state index >= 15 is 0 Å². The minimum absolute atomic E-state index is 0. The number of carbonyl (C=O) groups excluding carboxylic acids is 2. The van der Waals surface area contributed by atoms with Crippen molar-refractivity contribution in [3.05, 3.63) is 498 Å². The third-order valence-corrected chi connectivity index (χ3v) is 34.1. The molecule has 0 fully saturated rings. The minimum Gasteiger partial charge on any atom is -0.464 e. The van der Waals surface area contributed by atoms with Crippen molar-refractivity contribution in [2.45, 2.75) is 4.90 Å². The molecule has 0 bridgehead atoms. The number of nitrogens with zero attached hydrogens (tertiary/aromatic N) is 4. The van der Waals surface area contributed by atoms with E-state index in [4.69, 9.17) is 42.7 Å². The van der Waals surface area contributed by atoms with Crippen LogP contribution < -0.4 is 63.7 Å². The van der Waals surface area contributed by atoms with Gasteiger partial charge in [0.15, 0.2) is 21.2 Å². The van der Waals surface area contributed by atoms with Crippen molar-refractivity contribution in [3.8, 4) is 43.0 Å². The summed E-state index contributed by atoms with van der Waals surface area (Å²) in [6.07, 6.45) is 1.18. The summed E-state index contributed by atoms with van der Waals surface area (Å²) in [4.78, 5) is 26.8. The monoisotopic (exact) mass is 2110 g/mol. The number of methoxy groups -OCH3 is 2. The van der Waals surface area contributed by atoms with Gasteiger partial charge in [0.1, 0.15) is 0 Å². The second kappa shape index (κ2) is 54.4. The van der Waals surface area contributed by atoms with Gasteiger partial charge in [0.25, 0.3) is 0 Å². The number of sulfone groups is 1. The summed E-state index contributed by atoms with van der Waals surface area (Å²) in [6.45, 7) is 0. The molecule has 4 heterocycles. The first kappa shape index (κ1) is 104. The molecule has 4 aromatic heterocycles. The second-order valence-electron chi connectivity index (χ2n) is 28.6. The number of ether oxygens (including phenoxy) is 2. The molecule has 673 valence electrons. The van der Waals surface area contributed by atoms with Gasteiger partial charge in [-0.2, -0.15) is 10.2 Å². The van der Waals surface area contributed by atoms with Crippen molar-refractivity contribution in [3.63, 3.8) is 0 Å². The number of para-hydroxylation sites is 2. The summed E-state index contributed by atoms with van der Waals surface area (Å²) in [5.41, 5.74) is 3.97. The molecule has 0 aliphatic carbocycles. The first-order valence-corrected chi connectivity index (χ1v) is 52.0. The summed E-state index contributed by atoms with van der Waals surface area (Å²) in [5.74, 6) is -1.03. The van der Waals surface area contributed by atoms with Crippen LogP contribution in [-0.2, 0) is 39.7 Å². The average molecular weight is 2110 g/mol. The number of hydrogen-bond acceptors (Lipinski definition) is 12. The molecule has 0 unspecified atom stereocenters. The average Bonchev–Trinajstić information content (AvgIpc) is 1.63. The van der Waals surface area contributed by atoms with Crippen LogP contribution in [0.25, 0.3) is 43.0 Å². The van der Waals surface area contributed by atoms with Gasteiger partial charge in [-0.25, -0.2) is 27.4 Å². The Morgan fingerprint density at radius 3 is 0.776 bits per heavy atom. The molecular formula is C109H89ArBBrCl2N4O8P4PdS3. The van der Waals surface area contributed by atoms with Crippen LogP contribution in [0.3, 0.4) is 0 Å². The van der Waals surface area contributed by atoms with E-state index in [1.807, 2.05) is 66.7 Å². The van der Waals surface area contributed by atoms with Gasteiger partial charge in [0, 0.05) is 81.4 Å². The molecule has 134 heavy (non-hydrogen) atoms. The largest absolute Gasteiger partial charge is 0.482 e. The standard InChI is InChI=1S/C22H17ClN2O4S2.4C18H15P.C15H10BrClN2O2S.Ar.BH2O2.Pd/c1-29-22(26)17-13-19(25(24-17)18-9-4-3-8-16(18)23)21-11-10-20(30-21)14-6-5-7-15(12-14)31(2,27)28;4*1-4-10-16(11-5-1)19(17-12-6-2-7-13-17)18-14-8-3-9-15-18;1-21-15(20)10-8-12(13-6-7-14(16)22-13)19(18-10)11-5-3-2-4-9(11)17;;2-1-3;/h3-13H,1-2H3;4*1-15H;2-8H,1H3;;2-3H;. The van der Waals surface area contributed by atoms with Crippen LogP contribution in [0.5, 0.6) is 0 Å². The predicted octanol–water partition coefficient (Wildman–Crippen LogP) is 22.2. The Balaban J connectivity index is 0.000000155. The zero-order valence-electron chi connectivity index (χ0n) is 72.6. The molecule has 0 saturated carbocycles. The molecule has 12 nitrogen and oxygen atoms in total. The second-order valence-corrected chi connectivity index (χ2v) is 43.8. The minimum atomic E-state index is -3.31. The molecule has 15 aromatic carbocycles. The Labute approximate surface area is 859 Å². The fourth-order valence-electron chi connectivity index (χ4n) is 13.8. The smallest absolute Gasteiger partial charge is 0.464 e. The predicted molar refractivity (Wildman–Crippen MR) is 563 cm³/mol. The summed E-state index contributed by atoms with van der Waals surface area (Å²) in [7, 11) is -2.46. The van der Waals surface area contributed by atoms with Crippen LogP contribution in [-0.4, -0.2) is 78.1 Å². The van der Waals surface area contributed by atoms with Crippen LogP contribution in [0.2, 0.25) is 10.0 Å². The van der Waals surface area contributed by atoms with Gasteiger partial charge >= 0.3 is 19.6 Å². The zero-order chi connectivity index (χ0) is 92.2. The Hall–Kier alpha value is -10.3. The summed E-state index contributed by atoms with van der Waals surface area (Å²) >= 11 is 19.1. The third kappa shape index (κ3) is 29.4. The number of hydrogen-bond donors (Lipinski definition) is 2. The first-order chi connectivity index (χ1) is 64.6. The number of thiophene rings is 2. The fraction of sp³-hybridized carbons (Fsp3) is 0.0275. The molecule has 1 radical (unpaired) electrons. The zero-order valence-corrected chi connectivity index (χ0v) is 83.9. The Bertz CT molecular complexity index is 6040. The molecule has 0 aliphatic rings. The normalized spacial score (nSPS) is 10.5. The van der Waals surface area contributed by atoms with E-state index in [1.54, 1.807) is 63.2 Å². The molecule has 0 saturated heterocycles. The Morgan fingerprint density at radius 2 is 0.552 bits per heavy atom. The van der Waals surface area contributed by atoms with Crippen LogP contribution in [0, 0.1) is 37.7 Å². The van der Waals surface area contributed by atoms with Crippen molar-refractivity contribution in [1.82, 2.24) is 19.6 Å². The van der Waals surface area contributed by atoms with E-state index < -0.39 is 53.5 Å². The van der Waals surface area contributed by atoms with E-state index in [-0.39, 0.29) is 82.1 Å². The third-order valence-electron chi connectivity index (χ3n) is 19.8. The fourth-order valence-corrected chi connectivity index (χ4v) is 26.5. The van der Waals surface area contributed by atoms with E-state index in [2.05, 4.69) is 390 Å². The summed E-state index contributed by atoms with van der Waals surface area (Å²) in [6, 6.07) is 162. The first-order valence-electron chi connectivity index (χ1n) is 41.5. The molecule has 19 aromatic rings. The Kier molecular flexibility index (Phi) is 42.3.